The monoisotopic (exact) mass is 374 g/mol. The predicted molar refractivity (Wildman–Crippen MR) is 112 cm³/mol. The number of amides is 1. The van der Waals surface area contributed by atoms with Gasteiger partial charge in [-0.15, -0.1) is 0 Å². The molecule has 144 valence electrons. The minimum Gasteiger partial charge on any atom is -0.350 e. The molecular formula is C23H26N4O. The van der Waals surface area contributed by atoms with Gasteiger partial charge in [0.15, 0.2) is 0 Å². The normalized spacial score (nSPS) is 10.7. The Hall–Kier alpha value is -3.21. The van der Waals surface area contributed by atoms with E-state index in [0.717, 1.165) is 17.9 Å². The second-order valence-electron chi connectivity index (χ2n) is 7.03. The Labute approximate surface area is 166 Å². The Kier molecular flexibility index (Phi) is 6.37. The Morgan fingerprint density at radius 1 is 0.964 bits per heavy atom. The number of anilines is 1. The number of aryl methyl sites for hydroxylation is 1. The van der Waals surface area contributed by atoms with Crippen molar-refractivity contribution in [1.82, 2.24) is 15.3 Å². The molecule has 3 aromatic rings. The maximum atomic E-state index is 12.7. The number of benzene rings is 2. The van der Waals surface area contributed by atoms with Crippen molar-refractivity contribution in [2.24, 2.45) is 0 Å². The highest BCUT2D eigenvalue weighted by Gasteiger charge is 2.17. The van der Waals surface area contributed by atoms with E-state index in [9.17, 15) is 4.79 Å². The fraction of sp³-hybridized carbons (Fsp3) is 0.261. The van der Waals surface area contributed by atoms with Gasteiger partial charge in [-0.3, -0.25) is 4.79 Å². The van der Waals surface area contributed by atoms with Gasteiger partial charge in [0, 0.05) is 25.2 Å². The number of carbonyl (C=O) groups excluding carboxylic acids is 1. The fourth-order valence-electron chi connectivity index (χ4n) is 2.99. The fourth-order valence-corrected chi connectivity index (χ4v) is 2.99. The summed E-state index contributed by atoms with van der Waals surface area (Å²) in [7, 11) is 0. The Morgan fingerprint density at radius 3 is 2.18 bits per heavy atom. The van der Waals surface area contributed by atoms with E-state index >= 15 is 0 Å². The van der Waals surface area contributed by atoms with Crippen molar-refractivity contribution in [3.63, 3.8) is 0 Å². The van der Waals surface area contributed by atoms with Crippen LogP contribution in [0, 0.1) is 6.92 Å². The first-order chi connectivity index (χ1) is 13.5. The molecule has 0 aliphatic heterocycles. The molecule has 0 unspecified atom stereocenters. The number of nitrogens with one attached hydrogen (secondary N) is 1. The van der Waals surface area contributed by atoms with Crippen molar-refractivity contribution in [2.45, 2.75) is 39.9 Å². The first kappa shape index (κ1) is 19.5. The SMILES string of the molecule is Cc1nc(C(=O)NCc2ccccc2)cc(N(Cc2ccccc2)C(C)C)n1. The van der Waals surface area contributed by atoms with Gasteiger partial charge < -0.3 is 10.2 Å². The molecule has 0 aliphatic carbocycles. The molecule has 5 heteroatoms. The molecule has 0 saturated heterocycles. The second-order valence-corrected chi connectivity index (χ2v) is 7.03. The highest BCUT2D eigenvalue weighted by atomic mass is 16.1. The maximum Gasteiger partial charge on any atom is 0.270 e. The molecule has 0 bridgehead atoms. The minimum atomic E-state index is -0.195. The number of aromatic nitrogens is 2. The molecule has 1 aromatic heterocycles. The number of nitrogens with zero attached hydrogens (tertiary/aromatic N) is 3. The van der Waals surface area contributed by atoms with Crippen LogP contribution in [0.3, 0.4) is 0 Å². The summed E-state index contributed by atoms with van der Waals surface area (Å²) in [6.45, 7) is 7.25. The van der Waals surface area contributed by atoms with E-state index in [1.165, 1.54) is 5.56 Å². The smallest absolute Gasteiger partial charge is 0.270 e. The lowest BCUT2D eigenvalue weighted by molar-refractivity contribution is 0.0945. The third-order valence-electron chi connectivity index (χ3n) is 4.47. The van der Waals surface area contributed by atoms with E-state index in [0.29, 0.717) is 18.1 Å². The molecule has 0 fully saturated rings. The third kappa shape index (κ3) is 5.16. The van der Waals surface area contributed by atoms with Gasteiger partial charge >= 0.3 is 0 Å². The molecule has 0 atom stereocenters. The summed E-state index contributed by atoms with van der Waals surface area (Å²) in [6, 6.07) is 22.1. The molecule has 2 aromatic carbocycles. The van der Waals surface area contributed by atoms with Crippen molar-refractivity contribution in [1.29, 1.82) is 0 Å². The second kappa shape index (κ2) is 9.13. The number of carbonyl (C=O) groups is 1. The number of hydrogen-bond acceptors (Lipinski definition) is 4. The molecule has 1 amide bonds. The van der Waals surface area contributed by atoms with Gasteiger partial charge in [0.25, 0.3) is 5.91 Å². The van der Waals surface area contributed by atoms with E-state index in [1.807, 2.05) is 55.5 Å². The average Bonchev–Trinajstić information content (AvgIpc) is 2.71. The summed E-state index contributed by atoms with van der Waals surface area (Å²) >= 11 is 0. The third-order valence-corrected chi connectivity index (χ3v) is 4.47. The molecule has 3 rings (SSSR count). The summed E-state index contributed by atoms with van der Waals surface area (Å²) in [5, 5.41) is 2.94. The number of hydrogen-bond donors (Lipinski definition) is 1. The van der Waals surface area contributed by atoms with E-state index in [1.54, 1.807) is 6.07 Å². The Morgan fingerprint density at radius 2 is 1.57 bits per heavy atom. The van der Waals surface area contributed by atoms with E-state index < -0.39 is 0 Å². The highest BCUT2D eigenvalue weighted by Crippen LogP contribution is 2.19. The quantitative estimate of drug-likeness (QED) is 0.676. The van der Waals surface area contributed by atoms with E-state index in [2.05, 4.69) is 46.2 Å². The van der Waals surface area contributed by atoms with Crippen LogP contribution in [0.1, 0.15) is 41.3 Å². The van der Waals surface area contributed by atoms with E-state index in [-0.39, 0.29) is 11.9 Å². The van der Waals surface area contributed by atoms with Crippen LogP contribution in [0.4, 0.5) is 5.82 Å². The van der Waals surface area contributed by atoms with Crippen LogP contribution in [0.25, 0.3) is 0 Å². The van der Waals surface area contributed by atoms with Gasteiger partial charge in [-0.1, -0.05) is 60.7 Å². The summed E-state index contributed by atoms with van der Waals surface area (Å²) < 4.78 is 0. The lowest BCUT2D eigenvalue weighted by Gasteiger charge is -2.28. The molecule has 0 spiro atoms. The van der Waals surface area contributed by atoms with Gasteiger partial charge in [-0.25, -0.2) is 9.97 Å². The van der Waals surface area contributed by atoms with Crippen molar-refractivity contribution in [3.05, 3.63) is 89.4 Å². The lowest BCUT2D eigenvalue weighted by Crippen LogP contribution is -2.32. The molecular weight excluding hydrogens is 348 g/mol. The largest absolute Gasteiger partial charge is 0.350 e. The van der Waals surface area contributed by atoms with Crippen LogP contribution < -0.4 is 10.2 Å². The topological polar surface area (TPSA) is 58.1 Å². The first-order valence-electron chi connectivity index (χ1n) is 9.51. The van der Waals surface area contributed by atoms with Gasteiger partial charge in [-0.05, 0) is 31.9 Å². The average molecular weight is 374 g/mol. The zero-order valence-corrected chi connectivity index (χ0v) is 16.6. The van der Waals surface area contributed by atoms with Crippen LogP contribution >= 0.6 is 0 Å². The molecule has 1 heterocycles. The van der Waals surface area contributed by atoms with Gasteiger partial charge in [0.2, 0.25) is 0 Å². The van der Waals surface area contributed by atoms with Gasteiger partial charge in [0.1, 0.15) is 17.3 Å². The van der Waals surface area contributed by atoms with Crippen LogP contribution in [0.5, 0.6) is 0 Å². The molecule has 0 aliphatic rings. The molecule has 0 saturated carbocycles. The first-order valence-corrected chi connectivity index (χ1v) is 9.51. The van der Waals surface area contributed by atoms with Crippen LogP contribution in [0.15, 0.2) is 66.7 Å². The summed E-state index contributed by atoms with van der Waals surface area (Å²) in [5.41, 5.74) is 2.63. The number of rotatable bonds is 7. The molecule has 28 heavy (non-hydrogen) atoms. The van der Waals surface area contributed by atoms with Crippen molar-refractivity contribution < 1.29 is 4.79 Å². The summed E-state index contributed by atoms with van der Waals surface area (Å²) in [6.07, 6.45) is 0. The Bertz CT molecular complexity index is 910. The Balaban J connectivity index is 1.79. The zero-order valence-electron chi connectivity index (χ0n) is 16.6. The highest BCUT2D eigenvalue weighted by molar-refractivity contribution is 5.92. The van der Waals surface area contributed by atoms with Gasteiger partial charge in [-0.2, -0.15) is 0 Å². The van der Waals surface area contributed by atoms with Crippen molar-refractivity contribution in [3.8, 4) is 0 Å². The van der Waals surface area contributed by atoms with E-state index in [4.69, 9.17) is 0 Å². The molecule has 1 N–H and O–H groups in total. The van der Waals surface area contributed by atoms with Crippen molar-refractivity contribution >= 4 is 11.7 Å². The molecule has 0 radical (unpaired) electrons. The summed E-state index contributed by atoms with van der Waals surface area (Å²) in [5.74, 6) is 1.15. The zero-order chi connectivity index (χ0) is 19.9. The predicted octanol–water partition coefficient (Wildman–Crippen LogP) is 4.13. The lowest BCUT2D eigenvalue weighted by atomic mass is 10.2. The standard InChI is InChI=1S/C23H26N4O/c1-17(2)27(16-20-12-8-5-9-13-20)22-14-21(25-18(3)26-22)23(28)24-15-19-10-6-4-7-11-19/h4-14,17H,15-16H2,1-3H3,(H,24,28). The maximum absolute atomic E-state index is 12.7. The minimum absolute atomic E-state index is 0.195. The van der Waals surface area contributed by atoms with Crippen molar-refractivity contribution in [2.75, 3.05) is 4.90 Å². The van der Waals surface area contributed by atoms with Gasteiger partial charge in [0.05, 0.1) is 0 Å². The van der Waals surface area contributed by atoms with Crippen LogP contribution in [-0.4, -0.2) is 21.9 Å². The van der Waals surface area contributed by atoms with Crippen LogP contribution in [0.2, 0.25) is 0 Å². The molecule has 5 nitrogen and oxygen atoms in total. The van der Waals surface area contributed by atoms with Crippen LogP contribution in [-0.2, 0) is 13.1 Å². The summed E-state index contributed by atoms with van der Waals surface area (Å²) in [4.78, 5) is 23.8.